The highest BCUT2D eigenvalue weighted by molar-refractivity contribution is 5.86. The molecule has 0 radical (unpaired) electrons. The lowest BCUT2D eigenvalue weighted by molar-refractivity contribution is -0.136. The van der Waals surface area contributed by atoms with E-state index in [9.17, 15) is 9.59 Å². The molecule has 2 heterocycles. The Morgan fingerprint density at radius 2 is 1.52 bits per heavy atom. The summed E-state index contributed by atoms with van der Waals surface area (Å²) in [5.74, 6) is 0.430. The molecular weight excluding hydrogens is 576 g/mol. The third kappa shape index (κ3) is 6.17. The van der Waals surface area contributed by atoms with Gasteiger partial charge in [-0.05, 0) is 46.2 Å². The zero-order valence-corrected chi connectivity index (χ0v) is 25.5. The van der Waals surface area contributed by atoms with Crippen LogP contribution < -0.4 is 5.32 Å². The highest BCUT2D eigenvalue weighted by Gasteiger charge is 2.37. The summed E-state index contributed by atoms with van der Waals surface area (Å²) in [6.45, 7) is 1.05. The first-order valence-corrected chi connectivity index (χ1v) is 15.8. The molecule has 1 saturated heterocycles. The van der Waals surface area contributed by atoms with Crippen molar-refractivity contribution in [2.24, 2.45) is 0 Å². The van der Waals surface area contributed by atoms with E-state index in [2.05, 4.69) is 39.6 Å². The molecular formula is C38H36N4O4. The van der Waals surface area contributed by atoms with Gasteiger partial charge in [0.25, 0.3) is 0 Å². The number of aromatic amines is 1. The van der Waals surface area contributed by atoms with Gasteiger partial charge >= 0.3 is 6.09 Å². The highest BCUT2D eigenvalue weighted by Crippen LogP contribution is 2.44. The van der Waals surface area contributed by atoms with Crippen LogP contribution in [0.15, 0.2) is 115 Å². The Bertz CT molecular complexity index is 1760. The number of hydrogen-bond acceptors (Lipinski definition) is 5. The Hall–Kier alpha value is -5.21. The van der Waals surface area contributed by atoms with Crippen molar-refractivity contribution in [2.45, 2.75) is 37.5 Å². The molecule has 7 rings (SSSR count). The van der Waals surface area contributed by atoms with Crippen LogP contribution in [0, 0.1) is 0 Å². The molecule has 1 aromatic heterocycles. The van der Waals surface area contributed by atoms with Crippen molar-refractivity contribution in [1.29, 1.82) is 0 Å². The number of nitrogens with zero attached hydrogens (tertiary/aromatic N) is 2. The Kier molecular flexibility index (Phi) is 8.61. The number of likely N-dealkylation sites (tertiary alicyclic amines) is 1. The smallest absolute Gasteiger partial charge is 0.407 e. The summed E-state index contributed by atoms with van der Waals surface area (Å²) in [7, 11) is 0. The molecule has 8 heteroatoms. The molecule has 5 aromatic rings. The van der Waals surface area contributed by atoms with Gasteiger partial charge in [0.15, 0.2) is 0 Å². The van der Waals surface area contributed by atoms with E-state index in [-0.39, 0.29) is 31.1 Å². The number of fused-ring (bicyclic) bond motifs is 3. The molecule has 0 saturated carbocycles. The molecule has 0 spiro atoms. The van der Waals surface area contributed by atoms with Gasteiger partial charge in [-0.2, -0.15) is 0 Å². The van der Waals surface area contributed by atoms with E-state index >= 15 is 0 Å². The van der Waals surface area contributed by atoms with Crippen LogP contribution in [0.3, 0.4) is 0 Å². The number of amides is 2. The van der Waals surface area contributed by atoms with Crippen LogP contribution in [-0.2, 0) is 20.9 Å². The maximum atomic E-state index is 14.1. The lowest BCUT2D eigenvalue weighted by atomic mass is 9.98. The second-order valence-electron chi connectivity index (χ2n) is 11.8. The van der Waals surface area contributed by atoms with Gasteiger partial charge < -0.3 is 24.7 Å². The summed E-state index contributed by atoms with van der Waals surface area (Å²) < 4.78 is 11.8. The van der Waals surface area contributed by atoms with Crippen molar-refractivity contribution in [3.8, 4) is 22.4 Å². The number of alkyl carbamates (subject to hydrolysis) is 1. The molecule has 232 valence electrons. The minimum absolute atomic E-state index is 0.00850. The van der Waals surface area contributed by atoms with Crippen molar-refractivity contribution in [2.75, 3.05) is 19.8 Å². The fourth-order valence-electron chi connectivity index (χ4n) is 6.61. The molecule has 2 aliphatic rings. The molecule has 1 aliphatic carbocycles. The number of ether oxygens (including phenoxy) is 2. The Morgan fingerprint density at radius 1 is 0.870 bits per heavy atom. The average Bonchev–Trinajstić information content (AvgIpc) is 3.86. The van der Waals surface area contributed by atoms with Crippen LogP contribution in [0.1, 0.15) is 47.3 Å². The minimum Gasteiger partial charge on any atom is -0.449 e. The van der Waals surface area contributed by atoms with Crippen LogP contribution in [0.2, 0.25) is 0 Å². The van der Waals surface area contributed by atoms with Crippen molar-refractivity contribution in [3.63, 3.8) is 0 Å². The Labute approximate surface area is 268 Å². The molecule has 2 atom stereocenters. The molecule has 1 fully saturated rings. The number of benzene rings is 4. The predicted molar refractivity (Wildman–Crippen MR) is 176 cm³/mol. The molecule has 1 aliphatic heterocycles. The van der Waals surface area contributed by atoms with E-state index < -0.39 is 12.1 Å². The quantitative estimate of drug-likeness (QED) is 0.180. The summed E-state index contributed by atoms with van der Waals surface area (Å²) in [6.07, 6.45) is 2.76. The maximum Gasteiger partial charge on any atom is 0.407 e. The molecule has 4 aromatic carbocycles. The number of rotatable bonds is 10. The van der Waals surface area contributed by atoms with E-state index in [0.717, 1.165) is 57.7 Å². The summed E-state index contributed by atoms with van der Waals surface area (Å²) >= 11 is 0. The maximum absolute atomic E-state index is 14.1. The number of hydrogen-bond donors (Lipinski definition) is 2. The molecule has 8 nitrogen and oxygen atoms in total. The van der Waals surface area contributed by atoms with E-state index in [0.29, 0.717) is 13.2 Å². The number of carbonyl (C=O) groups excluding carboxylic acids is 2. The summed E-state index contributed by atoms with van der Waals surface area (Å²) in [6, 6.07) is 35.0. The number of imidazole rings is 1. The lowest BCUT2D eigenvalue weighted by Crippen LogP contribution is -2.51. The Morgan fingerprint density at radius 3 is 2.24 bits per heavy atom. The zero-order valence-electron chi connectivity index (χ0n) is 25.5. The van der Waals surface area contributed by atoms with Gasteiger partial charge in [0.05, 0.1) is 31.1 Å². The normalized spacial score (nSPS) is 16.1. The second kappa shape index (κ2) is 13.4. The van der Waals surface area contributed by atoms with Crippen molar-refractivity contribution in [3.05, 3.63) is 138 Å². The van der Waals surface area contributed by atoms with Crippen molar-refractivity contribution < 1.29 is 19.1 Å². The molecule has 2 amide bonds. The third-order valence-electron chi connectivity index (χ3n) is 8.86. The summed E-state index contributed by atoms with van der Waals surface area (Å²) in [5, 5.41) is 2.85. The van der Waals surface area contributed by atoms with Gasteiger partial charge in [0, 0.05) is 12.5 Å². The lowest BCUT2D eigenvalue weighted by Gasteiger charge is -2.28. The first-order valence-electron chi connectivity index (χ1n) is 15.8. The second-order valence-corrected chi connectivity index (χ2v) is 11.8. The fraction of sp³-hybridized carbons (Fsp3) is 0.237. The molecule has 46 heavy (non-hydrogen) atoms. The van der Waals surface area contributed by atoms with Crippen molar-refractivity contribution in [1.82, 2.24) is 20.2 Å². The van der Waals surface area contributed by atoms with Gasteiger partial charge in [-0.3, -0.25) is 4.79 Å². The number of nitrogens with one attached hydrogen (secondary N) is 2. The number of carbonyl (C=O) groups is 2. The SMILES string of the molecule is O=C(N[C@@H](COCc1ccccc1)C(=O)N1CCC[C@H]1c1ncc(-c2ccccc2)[nH]1)OCC1c2ccccc2-c2ccccc21. The van der Waals surface area contributed by atoms with Crippen LogP contribution in [0.4, 0.5) is 4.79 Å². The standard InChI is InChI=1S/C38H36N4O4/c43-37(42-21-11-20-35(42)36-39-22-33(40-36)27-14-5-2-6-15-27)34(25-45-23-26-12-3-1-4-13-26)41-38(44)46-24-32-30-18-9-7-16-28(30)29-17-8-10-19-31(29)32/h1-10,12-19,22,32,34-35H,11,20-21,23-25H2,(H,39,40)(H,41,44)/t34-,35-/m0/s1. The Balaban J connectivity index is 1.06. The highest BCUT2D eigenvalue weighted by atomic mass is 16.5. The van der Waals surface area contributed by atoms with Gasteiger partial charge in [0.1, 0.15) is 18.5 Å². The van der Waals surface area contributed by atoms with Crippen LogP contribution >= 0.6 is 0 Å². The van der Waals surface area contributed by atoms with Crippen LogP contribution in [0.25, 0.3) is 22.4 Å². The molecule has 0 unspecified atom stereocenters. The van der Waals surface area contributed by atoms with Crippen molar-refractivity contribution >= 4 is 12.0 Å². The van der Waals surface area contributed by atoms with Gasteiger partial charge in [-0.1, -0.05) is 109 Å². The van der Waals surface area contributed by atoms with Gasteiger partial charge in [-0.15, -0.1) is 0 Å². The van der Waals surface area contributed by atoms with Gasteiger partial charge in [0.2, 0.25) is 5.91 Å². The first-order chi connectivity index (χ1) is 22.7. The number of H-pyrrole nitrogens is 1. The van der Waals surface area contributed by atoms with Gasteiger partial charge in [-0.25, -0.2) is 9.78 Å². The fourth-order valence-corrected chi connectivity index (χ4v) is 6.61. The topological polar surface area (TPSA) is 96.5 Å². The third-order valence-corrected chi connectivity index (χ3v) is 8.86. The van der Waals surface area contributed by atoms with E-state index in [4.69, 9.17) is 9.47 Å². The first kappa shape index (κ1) is 29.5. The predicted octanol–water partition coefficient (Wildman–Crippen LogP) is 6.86. The van der Waals surface area contributed by atoms with E-state index in [1.165, 1.54) is 0 Å². The molecule has 2 N–H and O–H groups in total. The monoisotopic (exact) mass is 612 g/mol. The van der Waals surface area contributed by atoms with E-state index in [1.807, 2.05) is 84.9 Å². The molecule has 0 bridgehead atoms. The average molecular weight is 613 g/mol. The zero-order chi connectivity index (χ0) is 31.3. The van der Waals surface area contributed by atoms with Crippen LogP contribution in [0.5, 0.6) is 0 Å². The summed E-state index contributed by atoms with van der Waals surface area (Å²) in [5.41, 5.74) is 7.48. The number of aromatic nitrogens is 2. The summed E-state index contributed by atoms with van der Waals surface area (Å²) in [4.78, 5) is 37.3. The van der Waals surface area contributed by atoms with Crippen LogP contribution in [-0.4, -0.2) is 52.7 Å². The van der Waals surface area contributed by atoms with E-state index in [1.54, 1.807) is 11.1 Å². The largest absolute Gasteiger partial charge is 0.449 e. The minimum atomic E-state index is -0.927.